The number of para-hydroxylation sites is 1. The largest absolute Gasteiger partial charge is 0.468 e. The smallest absolute Gasteiger partial charge is 0.333 e. The summed E-state index contributed by atoms with van der Waals surface area (Å²) in [6.07, 6.45) is 0.716. The molecule has 0 radical (unpaired) electrons. The number of hydrogen-bond donors (Lipinski definition) is 2. The van der Waals surface area contributed by atoms with Crippen LogP contribution in [0.3, 0.4) is 0 Å². The number of methoxy groups -OCH3 is 1. The Hall–Kier alpha value is -3.86. The number of carbonyl (C=O) groups excluding carboxylic acids is 1. The van der Waals surface area contributed by atoms with E-state index in [1.165, 1.54) is 19.2 Å². The van der Waals surface area contributed by atoms with Crippen LogP contribution in [-0.4, -0.2) is 30.6 Å². The molecule has 8 heteroatoms. The SMILES string of the molecule is COC(=O)[C@@]1(C#N)C(c2ccc([N+](=O)[O-])cc2)=C2NCCC23c2ccccc2NC31. The highest BCUT2D eigenvalue weighted by molar-refractivity contribution is 6.03. The van der Waals surface area contributed by atoms with E-state index in [0.717, 1.165) is 16.9 Å². The molecule has 5 rings (SSSR count). The highest BCUT2D eigenvalue weighted by atomic mass is 16.6. The summed E-state index contributed by atoms with van der Waals surface area (Å²) in [5.74, 6) is -0.647. The predicted octanol–water partition coefficient (Wildman–Crippen LogP) is 2.73. The summed E-state index contributed by atoms with van der Waals surface area (Å²) in [5, 5.41) is 28.4. The highest BCUT2D eigenvalue weighted by Crippen LogP contribution is 2.65. The minimum absolute atomic E-state index is 0.0549. The maximum Gasteiger partial charge on any atom is 0.333 e. The Labute approximate surface area is 172 Å². The van der Waals surface area contributed by atoms with Crippen LogP contribution >= 0.6 is 0 Å². The normalized spacial score (nSPS) is 27.9. The van der Waals surface area contributed by atoms with Gasteiger partial charge in [0.2, 0.25) is 5.41 Å². The molecular formula is C22H18N4O4. The van der Waals surface area contributed by atoms with E-state index in [9.17, 15) is 20.2 Å². The van der Waals surface area contributed by atoms with Gasteiger partial charge in [0.1, 0.15) is 0 Å². The van der Waals surface area contributed by atoms with Crippen LogP contribution in [0.1, 0.15) is 17.5 Å². The second-order valence-electron chi connectivity index (χ2n) is 7.74. The fraction of sp³-hybridized carbons (Fsp3) is 0.273. The summed E-state index contributed by atoms with van der Waals surface area (Å²) in [7, 11) is 1.27. The van der Waals surface area contributed by atoms with E-state index < -0.39 is 27.8 Å². The van der Waals surface area contributed by atoms with Gasteiger partial charge in [0.05, 0.1) is 29.6 Å². The minimum atomic E-state index is -1.60. The van der Waals surface area contributed by atoms with Crippen LogP contribution in [0, 0.1) is 26.9 Å². The molecule has 2 aromatic rings. The standard InChI is InChI=1S/C22H18N4O4/c1-30-20(27)22(12-23)17(13-6-8-14(9-7-13)26(28)29)18-21(10-11-24-18)15-4-2-3-5-16(15)25-19(21)22/h2-9,19,24-25H,10-11H2,1H3/t19?,21?,22-/m0/s1. The summed E-state index contributed by atoms with van der Waals surface area (Å²) in [6.45, 7) is 0.695. The molecule has 150 valence electrons. The molecule has 2 aromatic carbocycles. The van der Waals surface area contributed by atoms with Gasteiger partial charge >= 0.3 is 5.97 Å². The predicted molar refractivity (Wildman–Crippen MR) is 108 cm³/mol. The number of esters is 1. The molecular weight excluding hydrogens is 384 g/mol. The van der Waals surface area contributed by atoms with Gasteiger partial charge in [-0.1, -0.05) is 18.2 Å². The lowest BCUT2D eigenvalue weighted by atomic mass is 9.69. The van der Waals surface area contributed by atoms with Crippen LogP contribution in [0.5, 0.6) is 0 Å². The van der Waals surface area contributed by atoms with E-state index in [2.05, 4.69) is 16.7 Å². The molecule has 1 aliphatic carbocycles. The number of benzene rings is 2. The molecule has 0 saturated carbocycles. The topological polar surface area (TPSA) is 117 Å². The zero-order valence-corrected chi connectivity index (χ0v) is 16.1. The lowest BCUT2D eigenvalue weighted by Crippen LogP contribution is -2.50. The Bertz CT molecular complexity index is 1170. The maximum atomic E-state index is 13.2. The monoisotopic (exact) mass is 402 g/mol. The number of nitrogens with one attached hydrogen (secondary N) is 2. The Morgan fingerprint density at radius 2 is 2.00 bits per heavy atom. The van der Waals surface area contributed by atoms with Gasteiger partial charge in [-0.3, -0.25) is 10.1 Å². The summed E-state index contributed by atoms with van der Waals surface area (Å²) < 4.78 is 5.14. The number of nitrogens with zero attached hydrogens (tertiary/aromatic N) is 2. The Morgan fingerprint density at radius 3 is 2.67 bits per heavy atom. The van der Waals surface area contributed by atoms with E-state index >= 15 is 0 Å². The summed E-state index contributed by atoms with van der Waals surface area (Å²) in [6, 6.07) is 15.5. The summed E-state index contributed by atoms with van der Waals surface area (Å²) in [4.78, 5) is 23.8. The first-order valence-corrected chi connectivity index (χ1v) is 9.60. The van der Waals surface area contributed by atoms with Crippen molar-refractivity contribution in [3.8, 4) is 6.07 Å². The molecule has 0 amide bonds. The Balaban J connectivity index is 1.82. The first kappa shape index (κ1) is 18.2. The van der Waals surface area contributed by atoms with Crippen molar-refractivity contribution in [1.29, 1.82) is 5.26 Å². The Kier molecular flexibility index (Phi) is 3.68. The second kappa shape index (κ2) is 6.07. The lowest BCUT2D eigenvalue weighted by Gasteiger charge is -2.33. The number of nitro groups is 1. The van der Waals surface area contributed by atoms with Crippen molar-refractivity contribution in [2.24, 2.45) is 5.41 Å². The quantitative estimate of drug-likeness (QED) is 0.460. The van der Waals surface area contributed by atoms with Gasteiger partial charge in [-0.05, 0) is 35.7 Å². The number of carbonyl (C=O) groups is 1. The van der Waals surface area contributed by atoms with E-state index in [4.69, 9.17) is 4.74 Å². The first-order valence-electron chi connectivity index (χ1n) is 9.60. The third-order valence-electron chi connectivity index (χ3n) is 6.60. The molecule has 1 spiro atoms. The van der Waals surface area contributed by atoms with Crippen LogP contribution in [0.2, 0.25) is 0 Å². The molecule has 8 nitrogen and oxygen atoms in total. The molecule has 2 unspecified atom stereocenters. The second-order valence-corrected chi connectivity index (χ2v) is 7.74. The summed E-state index contributed by atoms with van der Waals surface area (Å²) in [5.41, 5.74) is 1.63. The zero-order chi connectivity index (χ0) is 21.1. The minimum Gasteiger partial charge on any atom is -0.468 e. The molecule has 1 fully saturated rings. The molecule has 0 aromatic heterocycles. The number of nitro benzene ring substituents is 1. The number of anilines is 1. The average Bonchev–Trinajstić information content (AvgIpc) is 3.40. The Morgan fingerprint density at radius 1 is 1.27 bits per heavy atom. The third kappa shape index (κ3) is 1.96. The van der Waals surface area contributed by atoms with Gasteiger partial charge in [0.15, 0.2) is 0 Å². The van der Waals surface area contributed by atoms with Crippen LogP contribution in [-0.2, 0) is 14.9 Å². The fourth-order valence-corrected chi connectivity index (χ4v) is 5.46. The van der Waals surface area contributed by atoms with Crippen molar-refractivity contribution in [1.82, 2.24) is 5.32 Å². The first-order chi connectivity index (χ1) is 14.5. The van der Waals surface area contributed by atoms with Gasteiger partial charge in [0, 0.05) is 35.6 Å². The fourth-order valence-electron chi connectivity index (χ4n) is 5.46. The van der Waals surface area contributed by atoms with Crippen LogP contribution in [0.25, 0.3) is 5.57 Å². The number of hydrogen-bond acceptors (Lipinski definition) is 7. The van der Waals surface area contributed by atoms with Gasteiger partial charge in [-0.25, -0.2) is 4.79 Å². The van der Waals surface area contributed by atoms with Crippen LogP contribution in [0.4, 0.5) is 11.4 Å². The summed E-state index contributed by atoms with van der Waals surface area (Å²) >= 11 is 0. The van der Waals surface area contributed by atoms with Gasteiger partial charge in [-0.15, -0.1) is 0 Å². The lowest BCUT2D eigenvalue weighted by molar-refractivity contribution is -0.384. The number of ether oxygens (including phenoxy) is 1. The molecule has 3 aliphatic rings. The van der Waals surface area contributed by atoms with Gasteiger partial charge in [-0.2, -0.15) is 5.26 Å². The van der Waals surface area contributed by atoms with E-state index in [0.29, 0.717) is 24.1 Å². The highest BCUT2D eigenvalue weighted by Gasteiger charge is 2.71. The number of rotatable bonds is 3. The van der Waals surface area contributed by atoms with E-state index in [1.807, 2.05) is 24.3 Å². The molecule has 2 heterocycles. The van der Waals surface area contributed by atoms with E-state index in [-0.39, 0.29) is 5.69 Å². The van der Waals surface area contributed by atoms with Crippen molar-refractivity contribution in [3.63, 3.8) is 0 Å². The van der Waals surface area contributed by atoms with Gasteiger partial charge < -0.3 is 15.4 Å². The van der Waals surface area contributed by atoms with Crippen LogP contribution in [0.15, 0.2) is 54.2 Å². The molecule has 30 heavy (non-hydrogen) atoms. The number of non-ortho nitro benzene ring substituents is 1. The zero-order valence-electron chi connectivity index (χ0n) is 16.1. The van der Waals surface area contributed by atoms with E-state index in [1.54, 1.807) is 12.1 Å². The van der Waals surface area contributed by atoms with Gasteiger partial charge in [0.25, 0.3) is 5.69 Å². The third-order valence-corrected chi connectivity index (χ3v) is 6.60. The molecule has 0 bridgehead atoms. The van der Waals surface area contributed by atoms with Crippen molar-refractivity contribution < 1.29 is 14.5 Å². The van der Waals surface area contributed by atoms with Crippen molar-refractivity contribution >= 4 is 22.9 Å². The molecule has 2 aliphatic heterocycles. The van der Waals surface area contributed by atoms with Crippen molar-refractivity contribution in [2.45, 2.75) is 17.9 Å². The maximum absolute atomic E-state index is 13.2. The number of fused-ring (bicyclic) bond motifs is 1. The molecule has 1 saturated heterocycles. The number of nitriles is 1. The molecule has 2 N–H and O–H groups in total. The van der Waals surface area contributed by atoms with Crippen molar-refractivity contribution in [3.05, 3.63) is 75.5 Å². The average molecular weight is 402 g/mol. The van der Waals surface area contributed by atoms with Crippen LogP contribution < -0.4 is 10.6 Å². The molecule has 3 atom stereocenters. The van der Waals surface area contributed by atoms with Crippen molar-refractivity contribution in [2.75, 3.05) is 19.0 Å².